The molecule has 2 aromatic heterocycles. The fraction of sp³-hybridized carbons (Fsp3) is 0.650. The quantitative estimate of drug-likeness (QED) is 0.469. The molecule has 1 aliphatic rings. The van der Waals surface area contributed by atoms with Crippen molar-refractivity contribution in [3.05, 3.63) is 26.6 Å². The van der Waals surface area contributed by atoms with Crippen LogP contribution in [0.3, 0.4) is 0 Å². The number of hydrogen-bond donors (Lipinski definition) is 0. The summed E-state index contributed by atoms with van der Waals surface area (Å²) in [5.74, 6) is 0.189. The molecule has 0 saturated carbocycles. The zero-order chi connectivity index (χ0) is 20.1. The Kier molecular flexibility index (Phi) is 7.20. The maximum atomic E-state index is 13.4. The van der Waals surface area contributed by atoms with Crippen molar-refractivity contribution in [1.29, 1.82) is 0 Å². The first-order valence-electron chi connectivity index (χ1n) is 9.99. The van der Waals surface area contributed by atoms with Gasteiger partial charge in [-0.3, -0.25) is 19.1 Å². The molecule has 0 saturated heterocycles. The maximum Gasteiger partial charge on any atom is 0.326 e. The molecule has 8 heteroatoms. The fourth-order valence-corrected chi connectivity index (χ4v) is 4.90. The molecule has 2 heterocycles. The summed E-state index contributed by atoms with van der Waals surface area (Å²) >= 11 is 1.64. The van der Waals surface area contributed by atoms with Gasteiger partial charge in [0, 0.05) is 12.0 Å². The molecule has 7 nitrogen and oxygen atoms in total. The van der Waals surface area contributed by atoms with Crippen LogP contribution in [0.5, 0.6) is 0 Å². The van der Waals surface area contributed by atoms with Crippen LogP contribution in [0.15, 0.2) is 4.79 Å². The van der Waals surface area contributed by atoms with Crippen LogP contribution >= 0.6 is 11.3 Å². The van der Waals surface area contributed by atoms with Gasteiger partial charge in [-0.25, -0.2) is 4.98 Å². The van der Waals surface area contributed by atoms with Gasteiger partial charge in [0.2, 0.25) is 0 Å². The number of aryl methyl sites for hydroxylation is 2. The molecule has 28 heavy (non-hydrogen) atoms. The largest absolute Gasteiger partial charge is 0.462 e. The highest BCUT2D eigenvalue weighted by Gasteiger charge is 2.23. The van der Waals surface area contributed by atoms with E-state index < -0.39 is 5.97 Å². The molecular weight excluding hydrogens is 378 g/mol. The second-order valence-electron chi connectivity index (χ2n) is 6.99. The zero-order valence-electron chi connectivity index (χ0n) is 17.0. The Morgan fingerprint density at radius 3 is 2.68 bits per heavy atom. The zero-order valence-corrected chi connectivity index (χ0v) is 17.8. The number of carbonyl (C=O) groups excluding carboxylic acids is 1. The average Bonchev–Trinajstić information content (AvgIpc) is 3.07. The Hall–Kier alpha value is -1.77. The van der Waals surface area contributed by atoms with Gasteiger partial charge in [0.1, 0.15) is 23.8 Å². The molecule has 0 aliphatic heterocycles. The molecule has 0 N–H and O–H groups in total. The van der Waals surface area contributed by atoms with E-state index in [1.54, 1.807) is 18.4 Å². The van der Waals surface area contributed by atoms with Gasteiger partial charge in [-0.15, -0.1) is 11.3 Å². The van der Waals surface area contributed by atoms with Crippen LogP contribution < -0.4 is 5.56 Å². The average molecular weight is 408 g/mol. The summed E-state index contributed by atoms with van der Waals surface area (Å²) < 4.78 is 11.6. The minimum Gasteiger partial charge on any atom is -0.462 e. The summed E-state index contributed by atoms with van der Waals surface area (Å²) in [7, 11) is 1.55. The number of aromatic nitrogens is 2. The first-order valence-corrected chi connectivity index (χ1v) is 10.8. The van der Waals surface area contributed by atoms with E-state index in [-0.39, 0.29) is 18.7 Å². The Morgan fingerprint density at radius 2 is 1.96 bits per heavy atom. The third-order valence-corrected chi connectivity index (χ3v) is 6.44. The number of thiophene rings is 1. The van der Waals surface area contributed by atoms with E-state index in [0.29, 0.717) is 24.4 Å². The number of carbonyl (C=O) groups is 1. The summed E-state index contributed by atoms with van der Waals surface area (Å²) in [5, 5.41) is 0.702. The summed E-state index contributed by atoms with van der Waals surface area (Å²) in [4.78, 5) is 34.8. The highest BCUT2D eigenvalue weighted by atomic mass is 32.1. The van der Waals surface area contributed by atoms with Crippen LogP contribution in [0.4, 0.5) is 0 Å². The third-order valence-electron chi connectivity index (χ3n) is 5.25. The van der Waals surface area contributed by atoms with Gasteiger partial charge in [-0.2, -0.15) is 0 Å². The van der Waals surface area contributed by atoms with Crippen molar-refractivity contribution in [1.82, 2.24) is 14.5 Å². The maximum absolute atomic E-state index is 13.4. The first-order chi connectivity index (χ1) is 13.6. The normalized spacial score (nSPS) is 13.9. The monoisotopic (exact) mass is 407 g/mol. The van der Waals surface area contributed by atoms with E-state index >= 15 is 0 Å². The van der Waals surface area contributed by atoms with Crippen molar-refractivity contribution in [2.45, 2.75) is 52.6 Å². The number of esters is 1. The number of methoxy groups -OCH3 is 1. The van der Waals surface area contributed by atoms with Crippen LogP contribution in [-0.4, -0.2) is 53.8 Å². The Bertz CT molecular complexity index is 886. The van der Waals surface area contributed by atoms with Crippen LogP contribution in [0.25, 0.3) is 10.2 Å². The summed E-state index contributed by atoms with van der Waals surface area (Å²) in [6.45, 7) is 6.79. The predicted octanol–water partition coefficient (Wildman–Crippen LogP) is 2.37. The van der Waals surface area contributed by atoms with Crippen LogP contribution in [0, 0.1) is 0 Å². The van der Waals surface area contributed by atoms with Gasteiger partial charge in [-0.05, 0) is 44.3 Å². The van der Waals surface area contributed by atoms with Gasteiger partial charge in [0.15, 0.2) is 0 Å². The highest BCUT2D eigenvalue weighted by molar-refractivity contribution is 7.18. The molecule has 0 atom stereocenters. The van der Waals surface area contributed by atoms with Crippen molar-refractivity contribution >= 4 is 27.5 Å². The summed E-state index contributed by atoms with van der Waals surface area (Å²) in [5.41, 5.74) is 1.02. The van der Waals surface area contributed by atoms with Gasteiger partial charge in [-0.1, -0.05) is 13.8 Å². The number of fused-ring (bicyclic) bond motifs is 3. The second-order valence-corrected chi connectivity index (χ2v) is 8.07. The lowest BCUT2D eigenvalue weighted by Crippen LogP contribution is -2.33. The highest BCUT2D eigenvalue weighted by Crippen LogP contribution is 2.33. The van der Waals surface area contributed by atoms with Crippen LogP contribution in [0.1, 0.15) is 43.0 Å². The van der Waals surface area contributed by atoms with Gasteiger partial charge in [0.25, 0.3) is 5.56 Å². The smallest absolute Gasteiger partial charge is 0.326 e. The number of nitrogens with zero attached hydrogens (tertiary/aromatic N) is 3. The van der Waals surface area contributed by atoms with E-state index in [0.717, 1.165) is 49.2 Å². The molecule has 154 valence electrons. The summed E-state index contributed by atoms with van der Waals surface area (Å²) in [6.07, 6.45) is 4.19. The lowest BCUT2D eigenvalue weighted by molar-refractivity contribution is -0.145. The molecule has 0 radical (unpaired) electrons. The number of hydrogen-bond acceptors (Lipinski definition) is 7. The first kappa shape index (κ1) is 21.0. The van der Waals surface area contributed by atoms with E-state index in [1.165, 1.54) is 9.44 Å². The molecule has 0 unspecified atom stereocenters. The molecule has 0 spiro atoms. The lowest BCUT2D eigenvalue weighted by Gasteiger charge is -2.20. The van der Waals surface area contributed by atoms with Crippen molar-refractivity contribution in [3.8, 4) is 0 Å². The van der Waals surface area contributed by atoms with Crippen LogP contribution in [0.2, 0.25) is 0 Å². The molecule has 0 amide bonds. The molecule has 2 aromatic rings. The summed E-state index contributed by atoms with van der Waals surface area (Å²) in [6, 6.07) is 0. The van der Waals surface area contributed by atoms with Gasteiger partial charge < -0.3 is 9.47 Å². The molecule has 0 fully saturated rings. The Balaban J connectivity index is 2.02. The molecule has 0 bridgehead atoms. The van der Waals surface area contributed by atoms with Gasteiger partial charge >= 0.3 is 5.97 Å². The Morgan fingerprint density at radius 1 is 1.21 bits per heavy atom. The minimum atomic E-state index is -0.440. The minimum absolute atomic E-state index is 0.116. The Labute approximate surface area is 169 Å². The SMILES string of the molecule is CCN(CC)Cc1nc2sc3c(c2c(=O)n1CC(=O)OCCOC)CCCC3. The number of rotatable bonds is 9. The van der Waals surface area contributed by atoms with Crippen molar-refractivity contribution in [3.63, 3.8) is 0 Å². The van der Waals surface area contributed by atoms with Crippen molar-refractivity contribution < 1.29 is 14.3 Å². The standard InChI is InChI=1S/C20H29N3O4S/c1-4-22(5-2)12-16-21-19-18(14-8-6-7-9-15(14)28-19)20(25)23(16)13-17(24)27-11-10-26-3/h4-13H2,1-3H3. The second kappa shape index (κ2) is 9.62. The lowest BCUT2D eigenvalue weighted by atomic mass is 9.97. The topological polar surface area (TPSA) is 73.7 Å². The molecule has 3 rings (SSSR count). The van der Waals surface area contributed by atoms with Crippen molar-refractivity contribution in [2.75, 3.05) is 33.4 Å². The van der Waals surface area contributed by atoms with Crippen LogP contribution in [-0.2, 0) is 40.2 Å². The fourth-order valence-electron chi connectivity index (χ4n) is 3.63. The molecule has 0 aromatic carbocycles. The molecule has 1 aliphatic carbocycles. The van der Waals surface area contributed by atoms with E-state index in [1.807, 2.05) is 0 Å². The van der Waals surface area contributed by atoms with E-state index in [9.17, 15) is 9.59 Å². The molecular formula is C20H29N3O4S. The van der Waals surface area contributed by atoms with E-state index in [2.05, 4.69) is 18.7 Å². The third kappa shape index (κ3) is 4.45. The van der Waals surface area contributed by atoms with Gasteiger partial charge in [0.05, 0.1) is 18.5 Å². The van der Waals surface area contributed by atoms with E-state index in [4.69, 9.17) is 14.5 Å². The predicted molar refractivity (Wildman–Crippen MR) is 110 cm³/mol. The van der Waals surface area contributed by atoms with Crippen molar-refractivity contribution in [2.24, 2.45) is 0 Å². The number of ether oxygens (including phenoxy) is 2.